The summed E-state index contributed by atoms with van der Waals surface area (Å²) in [6.45, 7) is 0.637. The molecule has 5 heteroatoms. The maximum Gasteiger partial charge on any atom is 0.255 e. The lowest BCUT2D eigenvalue weighted by Gasteiger charge is -2.17. The second kappa shape index (κ2) is 5.70. The van der Waals surface area contributed by atoms with Crippen LogP contribution in [0, 0.1) is 11.3 Å². The summed E-state index contributed by atoms with van der Waals surface area (Å²) < 4.78 is 0. The highest BCUT2D eigenvalue weighted by atomic mass is 16.2. The second-order valence-electron chi connectivity index (χ2n) is 5.02. The minimum absolute atomic E-state index is 0.121. The van der Waals surface area contributed by atoms with Gasteiger partial charge in [-0.1, -0.05) is 12.1 Å². The molecule has 0 radical (unpaired) electrons. The van der Waals surface area contributed by atoms with Crippen molar-refractivity contribution in [1.82, 2.24) is 5.32 Å². The molecule has 0 spiro atoms. The van der Waals surface area contributed by atoms with E-state index in [-0.39, 0.29) is 11.8 Å². The minimum atomic E-state index is -0.312. The lowest BCUT2D eigenvalue weighted by atomic mass is 9.99. The van der Waals surface area contributed by atoms with Crippen molar-refractivity contribution in [2.24, 2.45) is 0 Å². The maximum atomic E-state index is 12.2. The third-order valence-corrected chi connectivity index (χ3v) is 3.55. The third kappa shape index (κ3) is 2.67. The Morgan fingerprint density at radius 2 is 2.09 bits per heavy atom. The van der Waals surface area contributed by atoms with E-state index in [1.54, 1.807) is 30.3 Å². The lowest BCUT2D eigenvalue weighted by Crippen LogP contribution is -2.31. The first kappa shape index (κ1) is 13.8. The van der Waals surface area contributed by atoms with E-state index in [9.17, 15) is 9.59 Å². The predicted molar refractivity (Wildman–Crippen MR) is 81.6 cm³/mol. The largest absolute Gasteiger partial charge is 0.352 e. The van der Waals surface area contributed by atoms with Gasteiger partial charge < -0.3 is 10.6 Å². The van der Waals surface area contributed by atoms with Crippen LogP contribution in [-0.2, 0) is 6.42 Å². The molecule has 3 rings (SSSR count). The Labute approximate surface area is 127 Å². The van der Waals surface area contributed by atoms with Crippen LogP contribution in [0.25, 0.3) is 0 Å². The molecule has 1 aliphatic rings. The smallest absolute Gasteiger partial charge is 0.255 e. The van der Waals surface area contributed by atoms with E-state index in [0.717, 1.165) is 12.0 Å². The average molecular weight is 291 g/mol. The van der Waals surface area contributed by atoms with Gasteiger partial charge in [-0.2, -0.15) is 5.26 Å². The molecule has 2 N–H and O–H groups in total. The van der Waals surface area contributed by atoms with Crippen LogP contribution in [0.5, 0.6) is 0 Å². The number of nitrogens with one attached hydrogen (secondary N) is 2. The zero-order valence-corrected chi connectivity index (χ0v) is 11.7. The number of hydrogen-bond donors (Lipinski definition) is 2. The van der Waals surface area contributed by atoms with Gasteiger partial charge in [-0.25, -0.2) is 0 Å². The normalized spacial score (nSPS) is 12.8. The zero-order valence-electron chi connectivity index (χ0n) is 11.7. The number of carbonyl (C=O) groups excluding carboxylic acids is 2. The lowest BCUT2D eigenvalue weighted by molar-refractivity contribution is 0.0944. The number of carbonyl (C=O) groups is 2. The molecule has 1 heterocycles. The molecule has 0 aliphatic carbocycles. The zero-order chi connectivity index (χ0) is 15.5. The van der Waals surface area contributed by atoms with Gasteiger partial charge in [-0.3, -0.25) is 9.59 Å². The average Bonchev–Trinajstić information content (AvgIpc) is 2.55. The topological polar surface area (TPSA) is 82.0 Å². The van der Waals surface area contributed by atoms with E-state index in [1.807, 2.05) is 12.1 Å². The van der Waals surface area contributed by atoms with E-state index >= 15 is 0 Å². The van der Waals surface area contributed by atoms with Gasteiger partial charge in [0.05, 0.1) is 11.6 Å². The summed E-state index contributed by atoms with van der Waals surface area (Å²) in [4.78, 5) is 24.0. The quantitative estimate of drug-likeness (QED) is 0.889. The number of benzene rings is 2. The molecule has 0 bridgehead atoms. The molecule has 5 nitrogen and oxygen atoms in total. The Kier molecular flexibility index (Phi) is 3.58. The molecule has 2 amide bonds. The molecule has 0 unspecified atom stereocenters. The number of fused-ring (bicyclic) bond motifs is 1. The van der Waals surface area contributed by atoms with Gasteiger partial charge in [-0.05, 0) is 42.3 Å². The fourth-order valence-electron chi connectivity index (χ4n) is 2.42. The molecule has 0 aromatic heterocycles. The fourth-order valence-corrected chi connectivity index (χ4v) is 2.42. The van der Waals surface area contributed by atoms with E-state index in [4.69, 9.17) is 5.26 Å². The van der Waals surface area contributed by atoms with Crippen LogP contribution < -0.4 is 10.6 Å². The molecule has 0 saturated heterocycles. The van der Waals surface area contributed by atoms with Crippen molar-refractivity contribution in [2.75, 3.05) is 11.9 Å². The number of nitrogens with zero attached hydrogens (tertiary/aromatic N) is 1. The number of hydrogen-bond acceptors (Lipinski definition) is 3. The van der Waals surface area contributed by atoms with E-state index in [1.165, 1.54) is 6.07 Å². The summed E-state index contributed by atoms with van der Waals surface area (Å²) in [5.74, 6) is -0.433. The van der Waals surface area contributed by atoms with Gasteiger partial charge in [0, 0.05) is 23.4 Å². The monoisotopic (exact) mass is 291 g/mol. The van der Waals surface area contributed by atoms with Crippen molar-refractivity contribution in [3.8, 4) is 6.07 Å². The van der Waals surface area contributed by atoms with Crippen molar-refractivity contribution < 1.29 is 9.59 Å². The number of rotatable bonds is 2. The molecule has 2 aromatic rings. The minimum Gasteiger partial charge on any atom is -0.352 e. The molecule has 108 valence electrons. The number of nitriles is 1. The van der Waals surface area contributed by atoms with Crippen LogP contribution >= 0.6 is 0 Å². The Hall–Kier alpha value is -3.13. The maximum absolute atomic E-state index is 12.2. The van der Waals surface area contributed by atoms with E-state index < -0.39 is 0 Å². The summed E-state index contributed by atoms with van der Waals surface area (Å²) >= 11 is 0. The highest BCUT2D eigenvalue weighted by Crippen LogP contribution is 2.19. The van der Waals surface area contributed by atoms with Crippen LogP contribution in [0.4, 0.5) is 5.69 Å². The van der Waals surface area contributed by atoms with Gasteiger partial charge in [0.25, 0.3) is 11.8 Å². The van der Waals surface area contributed by atoms with Gasteiger partial charge >= 0.3 is 0 Å². The molecule has 1 aliphatic heterocycles. The highest BCUT2D eigenvalue weighted by Gasteiger charge is 2.17. The SMILES string of the molecule is N#Cc1cccc(C(=O)Nc2ccc3c(c2)C(=O)NCC3)c1. The van der Waals surface area contributed by atoms with Crippen LogP contribution in [-0.4, -0.2) is 18.4 Å². The van der Waals surface area contributed by atoms with Crippen LogP contribution in [0.1, 0.15) is 31.8 Å². The summed E-state index contributed by atoms with van der Waals surface area (Å²) in [5.41, 5.74) is 2.96. The standard InChI is InChI=1S/C17H13N3O2/c18-10-11-2-1-3-13(8-11)16(21)20-14-5-4-12-6-7-19-17(22)15(12)9-14/h1-5,8-9H,6-7H2,(H,19,22)(H,20,21). The highest BCUT2D eigenvalue weighted by molar-refractivity contribution is 6.05. The van der Waals surface area contributed by atoms with Crippen molar-refractivity contribution in [2.45, 2.75) is 6.42 Å². The van der Waals surface area contributed by atoms with E-state index in [0.29, 0.717) is 28.9 Å². The molecule has 2 aromatic carbocycles. The summed E-state index contributed by atoms with van der Waals surface area (Å²) in [6, 6.07) is 13.8. The molecule has 22 heavy (non-hydrogen) atoms. The van der Waals surface area contributed by atoms with Crippen LogP contribution in [0.3, 0.4) is 0 Å². The van der Waals surface area contributed by atoms with Crippen molar-refractivity contribution in [3.63, 3.8) is 0 Å². The Morgan fingerprint density at radius 3 is 2.91 bits per heavy atom. The van der Waals surface area contributed by atoms with Crippen LogP contribution in [0.15, 0.2) is 42.5 Å². The molecular weight excluding hydrogens is 278 g/mol. The molecule has 0 atom stereocenters. The van der Waals surface area contributed by atoms with Gasteiger partial charge in [0.2, 0.25) is 0 Å². The predicted octanol–water partition coefficient (Wildman–Crippen LogP) is 2.10. The molecule has 0 saturated carbocycles. The Morgan fingerprint density at radius 1 is 1.23 bits per heavy atom. The summed E-state index contributed by atoms with van der Waals surface area (Å²) in [5, 5.41) is 14.4. The first-order chi connectivity index (χ1) is 10.7. The first-order valence-corrected chi connectivity index (χ1v) is 6.90. The van der Waals surface area contributed by atoms with Crippen molar-refractivity contribution in [1.29, 1.82) is 5.26 Å². The van der Waals surface area contributed by atoms with Crippen molar-refractivity contribution >= 4 is 17.5 Å². The van der Waals surface area contributed by atoms with Gasteiger partial charge in [0.1, 0.15) is 0 Å². The summed E-state index contributed by atoms with van der Waals surface area (Å²) in [6.07, 6.45) is 0.791. The van der Waals surface area contributed by atoms with Crippen LogP contribution in [0.2, 0.25) is 0 Å². The fraction of sp³-hybridized carbons (Fsp3) is 0.118. The molecule has 0 fully saturated rings. The Balaban J connectivity index is 1.84. The number of amides is 2. The van der Waals surface area contributed by atoms with Gasteiger partial charge in [-0.15, -0.1) is 0 Å². The van der Waals surface area contributed by atoms with Gasteiger partial charge in [0.15, 0.2) is 0 Å². The molecular formula is C17H13N3O2. The summed E-state index contributed by atoms with van der Waals surface area (Å²) in [7, 11) is 0. The Bertz CT molecular complexity index is 806. The van der Waals surface area contributed by atoms with Crippen molar-refractivity contribution in [3.05, 3.63) is 64.7 Å². The second-order valence-corrected chi connectivity index (χ2v) is 5.02. The first-order valence-electron chi connectivity index (χ1n) is 6.90. The third-order valence-electron chi connectivity index (χ3n) is 3.55. The number of anilines is 1. The van der Waals surface area contributed by atoms with E-state index in [2.05, 4.69) is 10.6 Å².